The Morgan fingerprint density at radius 2 is 1.71 bits per heavy atom. The summed E-state index contributed by atoms with van der Waals surface area (Å²) in [6.07, 6.45) is 9.11. The summed E-state index contributed by atoms with van der Waals surface area (Å²) in [7, 11) is 0. The molecule has 0 bridgehead atoms. The SMILES string of the molecule is O=C(NC(CCl)Cc1ccccc1)C1CCCCCCC1. The first kappa shape index (κ1) is 16.4. The van der Waals surface area contributed by atoms with Crippen molar-refractivity contribution < 1.29 is 4.79 Å². The summed E-state index contributed by atoms with van der Waals surface area (Å²) >= 11 is 6.04. The smallest absolute Gasteiger partial charge is 0.223 e. The molecule has 1 amide bonds. The standard InChI is InChI=1S/C18H26ClNO/c19-14-17(13-15-9-5-4-6-10-15)20-18(21)16-11-7-2-1-3-8-12-16/h4-6,9-10,16-17H,1-3,7-8,11-14H2,(H,20,21). The first-order valence-electron chi connectivity index (χ1n) is 8.20. The monoisotopic (exact) mass is 307 g/mol. The normalized spacial score (nSPS) is 18.5. The fourth-order valence-corrected chi connectivity index (χ4v) is 3.27. The van der Waals surface area contributed by atoms with Crippen molar-refractivity contribution in [1.29, 1.82) is 0 Å². The Bertz CT molecular complexity index is 412. The molecule has 2 rings (SSSR count). The van der Waals surface area contributed by atoms with Gasteiger partial charge in [0.05, 0.1) is 0 Å². The number of benzene rings is 1. The van der Waals surface area contributed by atoms with Crippen LogP contribution in [-0.4, -0.2) is 17.8 Å². The van der Waals surface area contributed by atoms with Gasteiger partial charge in [-0.25, -0.2) is 0 Å². The van der Waals surface area contributed by atoms with Crippen LogP contribution in [-0.2, 0) is 11.2 Å². The van der Waals surface area contributed by atoms with E-state index in [2.05, 4.69) is 17.4 Å². The van der Waals surface area contributed by atoms with E-state index in [9.17, 15) is 4.79 Å². The third-order valence-electron chi connectivity index (χ3n) is 4.33. The van der Waals surface area contributed by atoms with Gasteiger partial charge in [0, 0.05) is 17.8 Å². The molecule has 1 N–H and O–H groups in total. The zero-order valence-corrected chi connectivity index (χ0v) is 13.4. The fourth-order valence-electron chi connectivity index (χ4n) is 3.08. The quantitative estimate of drug-likeness (QED) is 0.807. The summed E-state index contributed by atoms with van der Waals surface area (Å²) in [6.45, 7) is 0. The molecule has 1 unspecified atom stereocenters. The van der Waals surface area contributed by atoms with Crippen molar-refractivity contribution >= 4 is 17.5 Å². The molecule has 2 nitrogen and oxygen atoms in total. The van der Waals surface area contributed by atoms with Crippen LogP contribution in [0.3, 0.4) is 0 Å². The van der Waals surface area contributed by atoms with Gasteiger partial charge in [0.15, 0.2) is 0 Å². The number of carbonyl (C=O) groups excluding carboxylic acids is 1. The van der Waals surface area contributed by atoms with E-state index in [0.717, 1.165) is 19.3 Å². The van der Waals surface area contributed by atoms with E-state index < -0.39 is 0 Å². The highest BCUT2D eigenvalue weighted by atomic mass is 35.5. The van der Waals surface area contributed by atoms with Crippen LogP contribution in [0.5, 0.6) is 0 Å². The second-order valence-electron chi connectivity index (χ2n) is 6.09. The van der Waals surface area contributed by atoms with E-state index in [4.69, 9.17) is 11.6 Å². The Balaban J connectivity index is 1.86. The lowest BCUT2D eigenvalue weighted by atomic mass is 9.90. The van der Waals surface area contributed by atoms with Crippen LogP contribution in [0.25, 0.3) is 0 Å². The van der Waals surface area contributed by atoms with Crippen LogP contribution in [0.2, 0.25) is 0 Å². The topological polar surface area (TPSA) is 29.1 Å². The lowest BCUT2D eigenvalue weighted by Crippen LogP contribution is -2.41. The van der Waals surface area contributed by atoms with E-state index in [1.54, 1.807) is 0 Å². The van der Waals surface area contributed by atoms with Gasteiger partial charge >= 0.3 is 0 Å². The van der Waals surface area contributed by atoms with Gasteiger partial charge < -0.3 is 5.32 Å². The van der Waals surface area contributed by atoms with Gasteiger partial charge in [0.25, 0.3) is 0 Å². The molecule has 0 saturated heterocycles. The highest BCUT2D eigenvalue weighted by Crippen LogP contribution is 2.22. The number of carbonyl (C=O) groups is 1. The molecule has 21 heavy (non-hydrogen) atoms. The molecule has 0 radical (unpaired) electrons. The van der Waals surface area contributed by atoms with Gasteiger partial charge in [-0.15, -0.1) is 11.6 Å². The van der Waals surface area contributed by atoms with E-state index >= 15 is 0 Å². The molecule has 0 heterocycles. The summed E-state index contributed by atoms with van der Waals surface area (Å²) in [5.41, 5.74) is 1.22. The molecule has 1 atom stereocenters. The van der Waals surface area contributed by atoms with Crippen LogP contribution in [0.15, 0.2) is 30.3 Å². The Hall–Kier alpha value is -1.02. The van der Waals surface area contributed by atoms with Crippen LogP contribution < -0.4 is 5.32 Å². The molecule has 1 aromatic rings. The molecule has 1 saturated carbocycles. The number of hydrogen-bond acceptors (Lipinski definition) is 1. The average Bonchev–Trinajstić information content (AvgIpc) is 2.47. The lowest BCUT2D eigenvalue weighted by molar-refractivity contribution is -0.126. The van der Waals surface area contributed by atoms with Gasteiger partial charge in [-0.2, -0.15) is 0 Å². The van der Waals surface area contributed by atoms with Gasteiger partial charge in [-0.05, 0) is 24.8 Å². The molecule has 116 valence electrons. The van der Waals surface area contributed by atoms with E-state index in [0.29, 0.717) is 5.88 Å². The Labute approximate surface area is 133 Å². The molecule has 1 aliphatic carbocycles. The predicted molar refractivity (Wildman–Crippen MR) is 88.6 cm³/mol. The van der Waals surface area contributed by atoms with E-state index in [1.165, 1.54) is 37.7 Å². The average molecular weight is 308 g/mol. The Morgan fingerprint density at radius 1 is 1.10 bits per heavy atom. The Kier molecular flexibility index (Phi) is 7.08. The third-order valence-corrected chi connectivity index (χ3v) is 4.71. The molecule has 1 aliphatic rings. The number of amides is 1. The molecule has 1 fully saturated rings. The summed E-state index contributed by atoms with van der Waals surface area (Å²) in [5.74, 6) is 0.859. The van der Waals surface area contributed by atoms with Crippen molar-refractivity contribution in [2.45, 2.75) is 57.4 Å². The Morgan fingerprint density at radius 3 is 2.33 bits per heavy atom. The predicted octanol–water partition coefficient (Wildman–Crippen LogP) is 4.31. The number of halogens is 1. The molecule has 0 spiro atoms. The van der Waals surface area contributed by atoms with Crippen molar-refractivity contribution in [2.24, 2.45) is 5.92 Å². The van der Waals surface area contributed by atoms with Crippen molar-refractivity contribution in [3.8, 4) is 0 Å². The maximum Gasteiger partial charge on any atom is 0.223 e. The zero-order chi connectivity index (χ0) is 14.9. The molecule has 1 aromatic carbocycles. The van der Waals surface area contributed by atoms with Crippen LogP contribution in [0.1, 0.15) is 50.5 Å². The van der Waals surface area contributed by atoms with Crippen molar-refractivity contribution in [3.05, 3.63) is 35.9 Å². The summed E-state index contributed by atoms with van der Waals surface area (Å²) < 4.78 is 0. The van der Waals surface area contributed by atoms with Gasteiger partial charge in [0.2, 0.25) is 5.91 Å². The molecule has 0 aromatic heterocycles. The van der Waals surface area contributed by atoms with Crippen LogP contribution in [0, 0.1) is 5.92 Å². The van der Waals surface area contributed by atoms with Crippen molar-refractivity contribution in [2.75, 3.05) is 5.88 Å². The lowest BCUT2D eigenvalue weighted by Gasteiger charge is -2.23. The van der Waals surface area contributed by atoms with Gasteiger partial charge in [-0.1, -0.05) is 62.4 Å². The van der Waals surface area contributed by atoms with Crippen LogP contribution in [0.4, 0.5) is 0 Å². The molecular weight excluding hydrogens is 282 g/mol. The van der Waals surface area contributed by atoms with Crippen molar-refractivity contribution in [1.82, 2.24) is 5.32 Å². The molecular formula is C18H26ClNO. The van der Waals surface area contributed by atoms with E-state index in [-0.39, 0.29) is 17.9 Å². The van der Waals surface area contributed by atoms with Gasteiger partial charge in [0.1, 0.15) is 0 Å². The summed E-state index contributed by atoms with van der Waals surface area (Å²) in [6, 6.07) is 10.3. The number of rotatable bonds is 5. The first-order chi connectivity index (χ1) is 10.3. The van der Waals surface area contributed by atoms with Crippen LogP contribution >= 0.6 is 11.6 Å². The summed E-state index contributed by atoms with van der Waals surface area (Å²) in [5, 5.41) is 3.16. The molecule has 0 aliphatic heterocycles. The second-order valence-corrected chi connectivity index (χ2v) is 6.40. The largest absolute Gasteiger partial charge is 0.352 e. The van der Waals surface area contributed by atoms with Crippen molar-refractivity contribution in [3.63, 3.8) is 0 Å². The second kappa shape index (κ2) is 9.09. The zero-order valence-electron chi connectivity index (χ0n) is 12.7. The van der Waals surface area contributed by atoms with Gasteiger partial charge in [-0.3, -0.25) is 4.79 Å². The number of nitrogens with one attached hydrogen (secondary N) is 1. The highest BCUT2D eigenvalue weighted by molar-refractivity contribution is 6.18. The molecule has 3 heteroatoms. The minimum absolute atomic E-state index is 0.0343. The summed E-state index contributed by atoms with van der Waals surface area (Å²) in [4.78, 5) is 12.5. The highest BCUT2D eigenvalue weighted by Gasteiger charge is 2.21. The minimum atomic E-state index is 0.0343. The number of hydrogen-bond donors (Lipinski definition) is 1. The minimum Gasteiger partial charge on any atom is -0.352 e. The van der Waals surface area contributed by atoms with E-state index in [1.807, 2.05) is 18.2 Å². The maximum atomic E-state index is 12.5. The maximum absolute atomic E-state index is 12.5. The fraction of sp³-hybridized carbons (Fsp3) is 0.611. The third kappa shape index (κ3) is 5.70. The number of alkyl halides is 1. The first-order valence-corrected chi connectivity index (χ1v) is 8.73.